The maximum Gasteiger partial charge on any atom is 0.419 e. The van der Waals surface area contributed by atoms with E-state index >= 15 is 0 Å². The number of hydrogen-bond acceptors (Lipinski definition) is 4. The highest BCUT2D eigenvalue weighted by molar-refractivity contribution is 5.94. The molecule has 1 N–H and O–H groups in total. The number of aryl methyl sites for hydroxylation is 1. The first kappa shape index (κ1) is 20.4. The molecule has 1 aromatic carbocycles. The highest BCUT2D eigenvalue weighted by Gasteiger charge is 2.35. The fraction of sp³-hybridized carbons (Fsp3) is 0.316. The van der Waals surface area contributed by atoms with Crippen molar-refractivity contribution < 1.29 is 27.5 Å². The maximum atomic E-state index is 13.1. The SMILES string of the molecule is COc1c(CNC(=O)c2cc(C)nc(CC(C)=O)c2)cccc1C(F)(F)F. The van der Waals surface area contributed by atoms with Gasteiger partial charge in [0.25, 0.3) is 5.91 Å². The molecule has 27 heavy (non-hydrogen) atoms. The Kier molecular flexibility index (Phi) is 6.20. The summed E-state index contributed by atoms with van der Waals surface area (Å²) in [5.74, 6) is -0.897. The van der Waals surface area contributed by atoms with Gasteiger partial charge in [0, 0.05) is 35.5 Å². The lowest BCUT2D eigenvalue weighted by atomic mass is 10.1. The standard InChI is InChI=1S/C19H19F3N2O3/c1-11-7-14(9-15(24-11)8-12(2)25)18(26)23-10-13-5-4-6-16(17(13)27-3)19(20,21)22/h4-7,9H,8,10H2,1-3H3,(H,23,26). The molecule has 2 aromatic rings. The lowest BCUT2D eigenvalue weighted by Crippen LogP contribution is -2.24. The van der Waals surface area contributed by atoms with E-state index in [1.807, 2.05) is 0 Å². The lowest BCUT2D eigenvalue weighted by molar-refractivity contribution is -0.138. The lowest BCUT2D eigenvalue weighted by Gasteiger charge is -2.16. The predicted molar refractivity (Wildman–Crippen MR) is 92.5 cm³/mol. The average Bonchev–Trinajstić information content (AvgIpc) is 2.57. The predicted octanol–water partition coefficient (Wildman–Crippen LogP) is 3.48. The summed E-state index contributed by atoms with van der Waals surface area (Å²) in [4.78, 5) is 27.9. The number of pyridine rings is 1. The minimum Gasteiger partial charge on any atom is -0.496 e. The average molecular weight is 380 g/mol. The van der Waals surface area contributed by atoms with Gasteiger partial charge in [-0.1, -0.05) is 12.1 Å². The molecule has 8 heteroatoms. The summed E-state index contributed by atoms with van der Waals surface area (Å²) >= 11 is 0. The van der Waals surface area contributed by atoms with Crippen LogP contribution in [0.1, 0.15) is 39.8 Å². The number of methoxy groups -OCH3 is 1. The van der Waals surface area contributed by atoms with E-state index in [1.165, 1.54) is 25.1 Å². The van der Waals surface area contributed by atoms with Crippen LogP contribution in [0, 0.1) is 6.92 Å². The Bertz CT molecular complexity index is 864. The summed E-state index contributed by atoms with van der Waals surface area (Å²) in [6, 6.07) is 6.67. The zero-order valence-electron chi connectivity index (χ0n) is 15.1. The van der Waals surface area contributed by atoms with Crippen molar-refractivity contribution in [2.45, 2.75) is 33.0 Å². The van der Waals surface area contributed by atoms with Crippen molar-refractivity contribution >= 4 is 11.7 Å². The third-order valence-corrected chi connectivity index (χ3v) is 3.74. The molecule has 0 aliphatic rings. The monoisotopic (exact) mass is 380 g/mol. The van der Waals surface area contributed by atoms with Crippen LogP contribution in [0.3, 0.4) is 0 Å². The minimum atomic E-state index is -4.56. The van der Waals surface area contributed by atoms with E-state index in [4.69, 9.17) is 4.74 Å². The quantitative estimate of drug-likeness (QED) is 0.833. The first-order valence-electron chi connectivity index (χ1n) is 8.10. The van der Waals surface area contributed by atoms with Gasteiger partial charge in [-0.05, 0) is 32.0 Å². The molecule has 5 nitrogen and oxygen atoms in total. The number of aromatic nitrogens is 1. The van der Waals surface area contributed by atoms with Crippen LogP contribution in [0.2, 0.25) is 0 Å². The summed E-state index contributed by atoms with van der Waals surface area (Å²) < 4.78 is 44.1. The number of alkyl halides is 3. The first-order valence-corrected chi connectivity index (χ1v) is 8.10. The fourth-order valence-electron chi connectivity index (χ4n) is 2.68. The molecule has 0 spiro atoms. The van der Waals surface area contributed by atoms with Crippen LogP contribution in [0.15, 0.2) is 30.3 Å². The Labute approximate surface area is 154 Å². The van der Waals surface area contributed by atoms with Crippen LogP contribution in [0.25, 0.3) is 0 Å². The minimum absolute atomic E-state index is 0.0897. The summed E-state index contributed by atoms with van der Waals surface area (Å²) in [5.41, 5.74) is 0.611. The summed E-state index contributed by atoms with van der Waals surface area (Å²) in [5, 5.41) is 2.58. The van der Waals surface area contributed by atoms with Crippen molar-refractivity contribution in [3.8, 4) is 5.75 Å². The van der Waals surface area contributed by atoms with Crippen molar-refractivity contribution in [3.05, 3.63) is 58.4 Å². The van der Waals surface area contributed by atoms with Crippen LogP contribution < -0.4 is 10.1 Å². The number of benzene rings is 1. The van der Waals surface area contributed by atoms with E-state index in [1.54, 1.807) is 13.0 Å². The number of nitrogens with zero attached hydrogens (tertiary/aromatic N) is 1. The van der Waals surface area contributed by atoms with Crippen molar-refractivity contribution in [3.63, 3.8) is 0 Å². The Morgan fingerprint density at radius 1 is 1.22 bits per heavy atom. The van der Waals surface area contributed by atoms with Gasteiger partial charge in [0.2, 0.25) is 0 Å². The molecule has 0 aliphatic heterocycles. The summed E-state index contributed by atoms with van der Waals surface area (Å²) in [6.07, 6.45) is -4.46. The molecule has 0 saturated heterocycles. The number of Topliss-reactive ketones (excluding diaryl/α,β-unsaturated/α-hetero) is 1. The Balaban J connectivity index is 2.21. The Hall–Kier alpha value is -2.90. The number of ketones is 1. The van der Waals surface area contributed by atoms with Gasteiger partial charge in [0.05, 0.1) is 12.7 Å². The number of carbonyl (C=O) groups excluding carboxylic acids is 2. The van der Waals surface area contributed by atoms with E-state index in [0.29, 0.717) is 11.4 Å². The van der Waals surface area contributed by atoms with Gasteiger partial charge in [-0.2, -0.15) is 13.2 Å². The van der Waals surface area contributed by atoms with E-state index < -0.39 is 17.6 Å². The maximum absolute atomic E-state index is 13.1. The molecule has 1 heterocycles. The van der Waals surface area contributed by atoms with Gasteiger partial charge in [-0.15, -0.1) is 0 Å². The summed E-state index contributed by atoms with van der Waals surface area (Å²) in [7, 11) is 1.15. The van der Waals surface area contributed by atoms with Gasteiger partial charge in [-0.25, -0.2) is 0 Å². The number of hydrogen-bond donors (Lipinski definition) is 1. The number of para-hydroxylation sites is 1. The molecular weight excluding hydrogens is 361 g/mol. The number of nitrogens with one attached hydrogen (secondary N) is 1. The van der Waals surface area contributed by atoms with Crippen molar-refractivity contribution in [1.82, 2.24) is 10.3 Å². The fourth-order valence-corrected chi connectivity index (χ4v) is 2.68. The van der Waals surface area contributed by atoms with Crippen LogP contribution in [0.5, 0.6) is 5.75 Å². The first-order chi connectivity index (χ1) is 12.6. The van der Waals surface area contributed by atoms with Gasteiger partial charge in [0.1, 0.15) is 11.5 Å². The Morgan fingerprint density at radius 2 is 1.93 bits per heavy atom. The number of rotatable bonds is 6. The van der Waals surface area contributed by atoms with Crippen LogP contribution in [-0.4, -0.2) is 23.8 Å². The molecule has 144 valence electrons. The molecule has 2 rings (SSSR count). The molecule has 0 bridgehead atoms. The van der Waals surface area contributed by atoms with Crippen molar-refractivity contribution in [2.75, 3.05) is 7.11 Å². The Morgan fingerprint density at radius 3 is 2.52 bits per heavy atom. The largest absolute Gasteiger partial charge is 0.496 e. The van der Waals surface area contributed by atoms with Gasteiger partial charge < -0.3 is 10.1 Å². The van der Waals surface area contributed by atoms with Crippen molar-refractivity contribution in [2.24, 2.45) is 0 Å². The molecule has 0 atom stereocenters. The zero-order valence-corrected chi connectivity index (χ0v) is 15.1. The second-order valence-electron chi connectivity index (χ2n) is 6.05. The highest BCUT2D eigenvalue weighted by atomic mass is 19.4. The second kappa shape index (κ2) is 8.20. The van der Waals surface area contributed by atoms with E-state index in [9.17, 15) is 22.8 Å². The molecule has 0 radical (unpaired) electrons. The topological polar surface area (TPSA) is 68.3 Å². The van der Waals surface area contributed by atoms with E-state index in [-0.39, 0.29) is 35.6 Å². The van der Waals surface area contributed by atoms with Crippen LogP contribution in [-0.2, 0) is 23.9 Å². The zero-order chi connectivity index (χ0) is 20.2. The van der Waals surface area contributed by atoms with Gasteiger partial charge >= 0.3 is 6.18 Å². The van der Waals surface area contributed by atoms with Crippen LogP contribution >= 0.6 is 0 Å². The van der Waals surface area contributed by atoms with Crippen molar-refractivity contribution in [1.29, 1.82) is 0 Å². The number of carbonyl (C=O) groups is 2. The molecule has 0 fully saturated rings. The number of ether oxygens (including phenoxy) is 1. The molecule has 0 aliphatic carbocycles. The summed E-state index contributed by atoms with van der Waals surface area (Å²) in [6.45, 7) is 2.97. The normalized spacial score (nSPS) is 11.2. The molecule has 1 aromatic heterocycles. The third-order valence-electron chi connectivity index (χ3n) is 3.74. The van der Waals surface area contributed by atoms with Crippen LogP contribution in [0.4, 0.5) is 13.2 Å². The molecular formula is C19H19F3N2O3. The van der Waals surface area contributed by atoms with Gasteiger partial charge in [-0.3, -0.25) is 14.6 Å². The third kappa shape index (κ3) is 5.29. The second-order valence-corrected chi connectivity index (χ2v) is 6.05. The molecule has 0 unspecified atom stereocenters. The highest BCUT2D eigenvalue weighted by Crippen LogP contribution is 2.37. The van der Waals surface area contributed by atoms with E-state index in [0.717, 1.165) is 13.2 Å². The van der Waals surface area contributed by atoms with E-state index in [2.05, 4.69) is 10.3 Å². The van der Waals surface area contributed by atoms with Gasteiger partial charge in [0.15, 0.2) is 0 Å². The molecule has 0 saturated carbocycles. The molecule has 1 amide bonds. The smallest absolute Gasteiger partial charge is 0.419 e. The number of amides is 1. The number of halogens is 3.